The van der Waals surface area contributed by atoms with E-state index in [0.29, 0.717) is 36.4 Å². The molecule has 2 aliphatic rings. The third-order valence-electron chi connectivity index (χ3n) is 7.47. The Morgan fingerprint density at radius 2 is 2.00 bits per heavy atom. The predicted molar refractivity (Wildman–Crippen MR) is 130 cm³/mol. The van der Waals surface area contributed by atoms with Crippen molar-refractivity contribution in [3.63, 3.8) is 0 Å². The molecule has 0 spiro atoms. The molecule has 184 valence electrons. The highest BCUT2D eigenvalue weighted by Gasteiger charge is 2.50. The fourth-order valence-corrected chi connectivity index (χ4v) is 5.45. The molecule has 2 fully saturated rings. The third-order valence-corrected chi connectivity index (χ3v) is 7.47. The zero-order valence-electron chi connectivity index (χ0n) is 20.2. The Balaban J connectivity index is 1.50. The molecular formula is C26H30FN5O3. The second-order valence-corrected chi connectivity index (χ2v) is 10.2. The molecular weight excluding hydrogens is 449 g/mol. The lowest BCUT2D eigenvalue weighted by molar-refractivity contribution is -0.128. The molecule has 0 aliphatic carbocycles. The highest BCUT2D eigenvalue weighted by Crippen LogP contribution is 2.48. The quantitative estimate of drug-likeness (QED) is 0.531. The van der Waals surface area contributed by atoms with Gasteiger partial charge in [-0.25, -0.2) is 9.18 Å². The number of hydrogen-bond donors (Lipinski definition) is 3. The number of rotatable bonds is 4. The molecule has 35 heavy (non-hydrogen) atoms. The molecule has 0 saturated carbocycles. The summed E-state index contributed by atoms with van der Waals surface area (Å²) in [5.74, 6) is -0.865. The minimum absolute atomic E-state index is 0.165. The molecule has 1 aromatic carbocycles. The van der Waals surface area contributed by atoms with E-state index < -0.39 is 22.9 Å². The Hall–Kier alpha value is -3.30. The average molecular weight is 480 g/mol. The van der Waals surface area contributed by atoms with Crippen molar-refractivity contribution in [3.8, 4) is 0 Å². The number of carbonyl (C=O) groups excluding carboxylic acids is 2. The lowest BCUT2D eigenvalue weighted by Gasteiger charge is -2.50. The van der Waals surface area contributed by atoms with E-state index in [4.69, 9.17) is 0 Å². The summed E-state index contributed by atoms with van der Waals surface area (Å²) >= 11 is 0. The molecule has 3 aromatic rings. The van der Waals surface area contributed by atoms with E-state index in [1.165, 1.54) is 4.90 Å². The van der Waals surface area contributed by atoms with Crippen LogP contribution in [0.25, 0.3) is 10.9 Å². The van der Waals surface area contributed by atoms with Crippen LogP contribution in [0.1, 0.15) is 43.6 Å². The highest BCUT2D eigenvalue weighted by atomic mass is 19.1. The second kappa shape index (κ2) is 8.42. The second-order valence-electron chi connectivity index (χ2n) is 10.2. The van der Waals surface area contributed by atoms with Gasteiger partial charge >= 0.3 is 6.03 Å². The Morgan fingerprint density at radius 1 is 1.20 bits per heavy atom. The SMILES string of the molecule is Cc1nc2ccc(C3(O)CCN(Cc4ccc[nH]4)CC3(C)C)c(F)c2cc1N1CCC(=O)NC1=O. The molecule has 2 saturated heterocycles. The zero-order chi connectivity index (χ0) is 25.0. The Bertz CT molecular complexity index is 1310. The van der Waals surface area contributed by atoms with Crippen LogP contribution in [0.15, 0.2) is 36.5 Å². The summed E-state index contributed by atoms with van der Waals surface area (Å²) < 4.78 is 16.1. The minimum atomic E-state index is -1.38. The van der Waals surface area contributed by atoms with Gasteiger partial charge in [0, 0.05) is 60.9 Å². The summed E-state index contributed by atoms with van der Waals surface area (Å²) in [5, 5.41) is 14.4. The normalized spacial score (nSPS) is 23.1. The number of piperidine rings is 1. The molecule has 8 nitrogen and oxygen atoms in total. The van der Waals surface area contributed by atoms with Crippen LogP contribution in [-0.4, -0.2) is 51.5 Å². The topological polar surface area (TPSA) is 102 Å². The van der Waals surface area contributed by atoms with Gasteiger partial charge in [-0.3, -0.25) is 24.9 Å². The van der Waals surface area contributed by atoms with Gasteiger partial charge in [0.05, 0.1) is 22.5 Å². The zero-order valence-corrected chi connectivity index (χ0v) is 20.2. The van der Waals surface area contributed by atoms with Crippen LogP contribution < -0.4 is 10.2 Å². The minimum Gasteiger partial charge on any atom is -0.384 e. The van der Waals surface area contributed by atoms with Crippen molar-refractivity contribution in [2.45, 2.75) is 45.8 Å². The van der Waals surface area contributed by atoms with E-state index in [-0.39, 0.29) is 29.8 Å². The summed E-state index contributed by atoms with van der Waals surface area (Å²) in [4.78, 5) is 35.4. The number of hydrogen-bond acceptors (Lipinski definition) is 5. The monoisotopic (exact) mass is 479 g/mol. The smallest absolute Gasteiger partial charge is 0.328 e. The average Bonchev–Trinajstić information content (AvgIpc) is 3.30. The maximum absolute atomic E-state index is 16.1. The first-order chi connectivity index (χ1) is 16.6. The van der Waals surface area contributed by atoms with Gasteiger partial charge in [-0.1, -0.05) is 19.9 Å². The van der Waals surface area contributed by atoms with Crippen LogP contribution in [0.4, 0.5) is 14.9 Å². The molecule has 0 radical (unpaired) electrons. The first kappa shape index (κ1) is 23.4. The number of anilines is 1. The van der Waals surface area contributed by atoms with E-state index in [1.54, 1.807) is 25.1 Å². The molecule has 4 heterocycles. The van der Waals surface area contributed by atoms with Crippen molar-refractivity contribution >= 4 is 28.5 Å². The van der Waals surface area contributed by atoms with Crippen molar-refractivity contribution in [1.82, 2.24) is 20.2 Å². The number of carbonyl (C=O) groups is 2. The molecule has 1 unspecified atom stereocenters. The first-order valence-corrected chi connectivity index (χ1v) is 11.9. The van der Waals surface area contributed by atoms with Crippen LogP contribution >= 0.6 is 0 Å². The summed E-state index contributed by atoms with van der Waals surface area (Å²) in [6, 6.07) is 8.41. The largest absolute Gasteiger partial charge is 0.384 e. The number of aryl methyl sites for hydroxylation is 1. The van der Waals surface area contributed by atoms with Crippen molar-refractivity contribution in [2.24, 2.45) is 5.41 Å². The van der Waals surface area contributed by atoms with Gasteiger partial charge in [0.15, 0.2) is 0 Å². The van der Waals surface area contributed by atoms with Gasteiger partial charge in [0.1, 0.15) is 5.82 Å². The van der Waals surface area contributed by atoms with E-state index in [1.807, 2.05) is 32.2 Å². The van der Waals surface area contributed by atoms with E-state index in [9.17, 15) is 14.7 Å². The maximum atomic E-state index is 16.1. The van der Waals surface area contributed by atoms with Gasteiger partial charge in [-0.2, -0.15) is 0 Å². The number of nitrogens with zero attached hydrogens (tertiary/aromatic N) is 3. The molecule has 3 amide bonds. The van der Waals surface area contributed by atoms with Gasteiger partial charge in [-0.15, -0.1) is 0 Å². The van der Waals surface area contributed by atoms with Crippen molar-refractivity contribution in [1.29, 1.82) is 0 Å². The standard InChI is InChI=1S/C26H30FN5O3/c1-16-21(32-11-8-22(33)30-24(32)34)13-18-20(29-16)7-6-19(23(18)27)26(35)9-12-31(15-25(26,2)3)14-17-5-4-10-28-17/h4-7,10,13,28,35H,8-9,11-12,14-15H2,1-3H3,(H,30,33,34). The number of amides is 3. The first-order valence-electron chi connectivity index (χ1n) is 11.9. The molecule has 2 aromatic heterocycles. The Labute approximate surface area is 203 Å². The number of aromatic amines is 1. The number of H-pyrrole nitrogens is 1. The summed E-state index contributed by atoms with van der Waals surface area (Å²) in [6.45, 7) is 7.83. The number of nitrogens with one attached hydrogen (secondary N) is 2. The Kier molecular flexibility index (Phi) is 5.64. The van der Waals surface area contributed by atoms with Crippen LogP contribution in [0.3, 0.4) is 0 Å². The fourth-order valence-electron chi connectivity index (χ4n) is 5.45. The van der Waals surface area contributed by atoms with Gasteiger partial charge in [0.25, 0.3) is 0 Å². The van der Waals surface area contributed by atoms with Gasteiger partial charge in [0.2, 0.25) is 5.91 Å². The van der Waals surface area contributed by atoms with Crippen molar-refractivity contribution < 1.29 is 19.1 Å². The van der Waals surface area contributed by atoms with Gasteiger partial charge in [-0.05, 0) is 37.6 Å². The molecule has 9 heteroatoms. The van der Waals surface area contributed by atoms with Crippen LogP contribution in [0.2, 0.25) is 0 Å². The lowest BCUT2D eigenvalue weighted by Crippen LogP contribution is -2.55. The molecule has 5 rings (SSSR count). The van der Waals surface area contributed by atoms with E-state index in [2.05, 4.69) is 20.2 Å². The number of fused-ring (bicyclic) bond motifs is 1. The van der Waals surface area contributed by atoms with E-state index in [0.717, 1.165) is 12.2 Å². The number of urea groups is 1. The summed E-state index contributed by atoms with van der Waals surface area (Å²) in [6.07, 6.45) is 2.44. The number of pyridine rings is 1. The number of imide groups is 1. The number of aliphatic hydroxyl groups is 1. The van der Waals surface area contributed by atoms with Crippen LogP contribution in [0.5, 0.6) is 0 Å². The maximum Gasteiger partial charge on any atom is 0.328 e. The van der Waals surface area contributed by atoms with Crippen molar-refractivity contribution in [2.75, 3.05) is 24.5 Å². The number of likely N-dealkylation sites (tertiary alicyclic amines) is 1. The number of aromatic nitrogens is 2. The summed E-state index contributed by atoms with van der Waals surface area (Å²) in [7, 11) is 0. The highest BCUT2D eigenvalue weighted by molar-refractivity contribution is 6.06. The molecule has 0 bridgehead atoms. The molecule has 3 N–H and O–H groups in total. The number of halogens is 1. The molecule has 2 aliphatic heterocycles. The van der Waals surface area contributed by atoms with E-state index >= 15 is 4.39 Å². The Morgan fingerprint density at radius 3 is 2.69 bits per heavy atom. The molecule has 1 atom stereocenters. The fraction of sp³-hybridized carbons (Fsp3) is 0.423. The summed E-state index contributed by atoms with van der Waals surface area (Å²) in [5.41, 5.74) is 0.797. The number of benzene rings is 1. The third kappa shape index (κ3) is 3.98. The van der Waals surface area contributed by atoms with Crippen molar-refractivity contribution in [3.05, 3.63) is 59.3 Å². The van der Waals surface area contributed by atoms with Crippen LogP contribution in [0, 0.1) is 18.2 Å². The lowest BCUT2D eigenvalue weighted by atomic mass is 9.66. The van der Waals surface area contributed by atoms with Crippen LogP contribution in [-0.2, 0) is 16.9 Å². The van der Waals surface area contributed by atoms with Gasteiger partial charge < -0.3 is 10.1 Å². The predicted octanol–water partition coefficient (Wildman–Crippen LogP) is 3.58.